The number of nitrogens with one attached hydrogen (secondary N) is 1. The van der Waals surface area contributed by atoms with Crippen LogP contribution in [0.25, 0.3) is 32.9 Å². The second-order valence-corrected chi connectivity index (χ2v) is 8.81. The van der Waals surface area contributed by atoms with Crippen molar-refractivity contribution < 1.29 is 4.79 Å². The predicted octanol–water partition coefficient (Wildman–Crippen LogP) is 6.07. The molecule has 3 aromatic carbocycles. The molecule has 166 valence electrons. The maximum atomic E-state index is 13.2. The van der Waals surface area contributed by atoms with Gasteiger partial charge in [0.1, 0.15) is 0 Å². The first-order chi connectivity index (χ1) is 17.1. The van der Waals surface area contributed by atoms with Crippen LogP contribution in [0.4, 0.5) is 5.13 Å². The molecule has 9 heteroatoms. The highest BCUT2D eigenvalue weighted by molar-refractivity contribution is 7.21. The van der Waals surface area contributed by atoms with Crippen molar-refractivity contribution in [3.05, 3.63) is 94.6 Å². The van der Waals surface area contributed by atoms with Crippen LogP contribution in [0.5, 0.6) is 0 Å². The second-order valence-electron chi connectivity index (χ2n) is 7.39. The molecule has 0 saturated heterocycles. The Balaban J connectivity index is 1.49. The molecule has 2 aromatic heterocycles. The van der Waals surface area contributed by atoms with Crippen LogP contribution in [0.15, 0.2) is 72.9 Å². The van der Waals surface area contributed by atoms with Crippen LogP contribution in [-0.4, -0.2) is 20.9 Å². The number of nitrogens with zero attached hydrogens (tertiary/aromatic N) is 5. The number of carbonyl (C=O) groups is 1. The third-order valence-corrected chi connectivity index (χ3v) is 6.32. The van der Waals surface area contributed by atoms with Gasteiger partial charge < -0.3 is 0 Å². The summed E-state index contributed by atoms with van der Waals surface area (Å²) in [6, 6.07) is 23.2. The minimum Gasteiger partial charge on any atom is -0.298 e. The lowest BCUT2D eigenvalue weighted by Crippen LogP contribution is -2.13. The summed E-state index contributed by atoms with van der Waals surface area (Å²) >= 11 is 7.17. The number of aromatic nitrogens is 3. The normalized spacial score (nSPS) is 10.5. The van der Waals surface area contributed by atoms with E-state index in [0.717, 1.165) is 5.56 Å². The smallest absolute Gasteiger partial charge is 0.258 e. The zero-order valence-corrected chi connectivity index (χ0v) is 19.4. The van der Waals surface area contributed by atoms with E-state index in [1.807, 2.05) is 12.1 Å². The Labute approximate surface area is 208 Å². The van der Waals surface area contributed by atoms with Gasteiger partial charge in [-0.2, -0.15) is 15.5 Å². The lowest BCUT2D eigenvalue weighted by molar-refractivity contribution is 0.102. The average molecular weight is 493 g/mol. The van der Waals surface area contributed by atoms with Gasteiger partial charge in [0.05, 0.1) is 35.2 Å². The molecule has 0 fully saturated rings. The minimum atomic E-state index is -0.422. The van der Waals surface area contributed by atoms with E-state index in [1.54, 1.807) is 60.8 Å². The molecular formula is C26H13ClN6OS. The van der Waals surface area contributed by atoms with E-state index in [1.165, 1.54) is 11.3 Å². The van der Waals surface area contributed by atoms with Gasteiger partial charge in [-0.05, 0) is 42.0 Å². The van der Waals surface area contributed by atoms with Gasteiger partial charge in [0.25, 0.3) is 5.91 Å². The largest absolute Gasteiger partial charge is 0.298 e. The fourth-order valence-corrected chi connectivity index (χ4v) is 4.47. The molecule has 7 nitrogen and oxygen atoms in total. The topological polar surface area (TPSA) is 115 Å². The Morgan fingerprint density at radius 3 is 2.51 bits per heavy atom. The summed E-state index contributed by atoms with van der Waals surface area (Å²) in [6.45, 7) is 0. The summed E-state index contributed by atoms with van der Waals surface area (Å²) in [6.07, 6.45) is 1.62. The van der Waals surface area contributed by atoms with Gasteiger partial charge in [0, 0.05) is 21.7 Å². The van der Waals surface area contributed by atoms with E-state index in [-0.39, 0.29) is 0 Å². The fourth-order valence-electron chi connectivity index (χ4n) is 3.55. The molecule has 5 rings (SSSR count). The van der Waals surface area contributed by atoms with Gasteiger partial charge in [-0.15, -0.1) is 0 Å². The van der Waals surface area contributed by atoms with E-state index < -0.39 is 5.91 Å². The summed E-state index contributed by atoms with van der Waals surface area (Å²) in [5, 5.41) is 22.6. The number of amides is 1. The fraction of sp³-hybridized carbons (Fsp3) is 0. The predicted molar refractivity (Wildman–Crippen MR) is 135 cm³/mol. The molecule has 0 bridgehead atoms. The Hall–Kier alpha value is -4.63. The Morgan fingerprint density at radius 1 is 0.943 bits per heavy atom. The zero-order chi connectivity index (χ0) is 24.4. The second kappa shape index (κ2) is 9.32. The van der Waals surface area contributed by atoms with Crippen molar-refractivity contribution in [1.29, 1.82) is 10.5 Å². The molecule has 0 atom stereocenters. The van der Waals surface area contributed by atoms with Crippen LogP contribution < -0.4 is 5.32 Å². The van der Waals surface area contributed by atoms with Gasteiger partial charge in [-0.3, -0.25) is 10.1 Å². The molecule has 0 aliphatic rings. The van der Waals surface area contributed by atoms with Gasteiger partial charge in [0.15, 0.2) is 15.6 Å². The maximum Gasteiger partial charge on any atom is 0.258 e. The van der Waals surface area contributed by atoms with E-state index in [2.05, 4.69) is 32.4 Å². The van der Waals surface area contributed by atoms with E-state index in [9.17, 15) is 15.3 Å². The summed E-state index contributed by atoms with van der Waals surface area (Å²) in [4.78, 5) is 27.2. The first kappa shape index (κ1) is 22.2. The van der Waals surface area contributed by atoms with Crippen molar-refractivity contribution in [3.63, 3.8) is 0 Å². The highest BCUT2D eigenvalue weighted by Crippen LogP contribution is 2.30. The van der Waals surface area contributed by atoms with Gasteiger partial charge in [-0.1, -0.05) is 53.3 Å². The van der Waals surface area contributed by atoms with Crippen LogP contribution in [0.1, 0.15) is 21.5 Å². The average Bonchev–Trinajstić information content (AvgIpc) is 3.30. The number of anilines is 1. The third kappa shape index (κ3) is 4.44. The minimum absolute atomic E-state index is 0.314. The Bertz CT molecular complexity index is 1680. The molecule has 35 heavy (non-hydrogen) atoms. The van der Waals surface area contributed by atoms with Crippen LogP contribution in [0.2, 0.25) is 5.02 Å². The number of nitriles is 2. The van der Waals surface area contributed by atoms with E-state index in [4.69, 9.17) is 11.6 Å². The van der Waals surface area contributed by atoms with Crippen LogP contribution in [-0.2, 0) is 0 Å². The maximum absolute atomic E-state index is 13.2. The van der Waals surface area contributed by atoms with Gasteiger partial charge >= 0.3 is 0 Å². The lowest BCUT2D eigenvalue weighted by atomic mass is 9.94. The number of thiazole rings is 1. The lowest BCUT2D eigenvalue weighted by Gasteiger charge is -2.11. The number of halogens is 1. The van der Waals surface area contributed by atoms with Crippen molar-refractivity contribution in [2.75, 3.05) is 5.32 Å². The van der Waals surface area contributed by atoms with E-state index >= 15 is 0 Å². The molecule has 0 radical (unpaired) electrons. The van der Waals surface area contributed by atoms with Crippen molar-refractivity contribution in [1.82, 2.24) is 15.0 Å². The standard InChI is InChI=1S/C26H13ClN6OS/c27-18-8-6-16(7-9-18)22-14-30-23-25(31-22)35-26(32-23)33-24(34)20-10-5-15(12-28)11-21(20)19-4-2-1-3-17(19)13-29/h1-11,14H,(H,30,32,33,34). The number of hydrogen-bond acceptors (Lipinski definition) is 7. The molecule has 0 spiro atoms. The molecule has 0 aliphatic carbocycles. The number of rotatable bonds is 4. The molecular weight excluding hydrogens is 480 g/mol. The molecule has 0 unspecified atom stereocenters. The van der Waals surface area contributed by atoms with Crippen molar-refractivity contribution in [3.8, 4) is 34.5 Å². The Kier molecular flexibility index (Phi) is 5.90. The Morgan fingerprint density at radius 2 is 1.74 bits per heavy atom. The number of benzene rings is 3. The van der Waals surface area contributed by atoms with Crippen molar-refractivity contribution >= 4 is 44.5 Å². The van der Waals surface area contributed by atoms with E-state index in [0.29, 0.717) is 54.1 Å². The van der Waals surface area contributed by atoms with Crippen LogP contribution in [0, 0.1) is 22.7 Å². The van der Waals surface area contributed by atoms with Crippen LogP contribution >= 0.6 is 22.9 Å². The molecule has 0 saturated carbocycles. The van der Waals surface area contributed by atoms with Crippen molar-refractivity contribution in [2.24, 2.45) is 0 Å². The first-order valence-corrected chi connectivity index (χ1v) is 11.5. The summed E-state index contributed by atoms with van der Waals surface area (Å²) < 4.78 is 0. The van der Waals surface area contributed by atoms with Gasteiger partial charge in [-0.25, -0.2) is 9.97 Å². The number of hydrogen-bond donors (Lipinski definition) is 1. The van der Waals surface area contributed by atoms with Crippen molar-refractivity contribution in [2.45, 2.75) is 0 Å². The first-order valence-electron chi connectivity index (χ1n) is 10.3. The number of fused-ring (bicyclic) bond motifs is 1. The molecule has 5 aromatic rings. The monoisotopic (exact) mass is 492 g/mol. The summed E-state index contributed by atoms with van der Waals surface area (Å²) in [5.41, 5.74) is 4.09. The molecule has 2 heterocycles. The third-order valence-electron chi connectivity index (χ3n) is 5.21. The molecule has 1 N–H and O–H groups in total. The SMILES string of the molecule is N#Cc1ccc(C(=O)Nc2nc3ncc(-c4ccc(Cl)cc4)nc3s2)c(-c2ccccc2C#N)c1. The summed E-state index contributed by atoms with van der Waals surface area (Å²) in [5.74, 6) is -0.422. The quantitative estimate of drug-likeness (QED) is 0.325. The molecule has 1 amide bonds. The van der Waals surface area contributed by atoms with Crippen LogP contribution in [0.3, 0.4) is 0 Å². The highest BCUT2D eigenvalue weighted by atomic mass is 35.5. The zero-order valence-electron chi connectivity index (χ0n) is 17.9. The number of carbonyl (C=O) groups excluding carboxylic acids is 1. The van der Waals surface area contributed by atoms with Gasteiger partial charge in [0.2, 0.25) is 0 Å². The summed E-state index contributed by atoms with van der Waals surface area (Å²) in [7, 11) is 0. The molecule has 0 aliphatic heterocycles. The highest BCUT2D eigenvalue weighted by Gasteiger charge is 2.18.